The zero-order valence-corrected chi connectivity index (χ0v) is 12.8. The Labute approximate surface area is 133 Å². The van der Waals surface area contributed by atoms with E-state index in [0.717, 1.165) is 3.57 Å². The van der Waals surface area contributed by atoms with Crippen LogP contribution >= 0.6 is 34.2 Å². The molecular formula is C13H8ClIN2O3. The van der Waals surface area contributed by atoms with Crippen LogP contribution in [0.5, 0.6) is 0 Å². The van der Waals surface area contributed by atoms with Gasteiger partial charge in [-0.1, -0.05) is 11.6 Å². The SMILES string of the molecule is O=C(Nc1ccc(I)cc1C(=O)O)c1ccc(Cl)nc1. The molecule has 7 heteroatoms. The lowest BCUT2D eigenvalue weighted by Crippen LogP contribution is -2.15. The van der Waals surface area contributed by atoms with Crippen LogP contribution in [0.25, 0.3) is 0 Å². The highest BCUT2D eigenvalue weighted by atomic mass is 127. The number of hydrogen-bond donors (Lipinski definition) is 2. The van der Waals surface area contributed by atoms with E-state index >= 15 is 0 Å². The van der Waals surface area contributed by atoms with Gasteiger partial charge in [0.25, 0.3) is 5.91 Å². The van der Waals surface area contributed by atoms with Gasteiger partial charge in [0, 0.05) is 9.77 Å². The number of carboxylic acids is 1. The molecular weight excluding hydrogens is 395 g/mol. The summed E-state index contributed by atoms with van der Waals surface area (Å²) in [5.41, 5.74) is 0.564. The van der Waals surface area contributed by atoms with Crippen LogP contribution in [0.15, 0.2) is 36.5 Å². The summed E-state index contributed by atoms with van der Waals surface area (Å²) in [5, 5.41) is 12.0. The van der Waals surface area contributed by atoms with Gasteiger partial charge in [-0.3, -0.25) is 4.79 Å². The quantitative estimate of drug-likeness (QED) is 0.610. The van der Waals surface area contributed by atoms with Crippen LogP contribution in [0.2, 0.25) is 5.15 Å². The Balaban J connectivity index is 2.28. The third-order valence-electron chi connectivity index (χ3n) is 2.45. The molecule has 2 aromatic rings. The lowest BCUT2D eigenvalue weighted by Gasteiger charge is -2.08. The van der Waals surface area contributed by atoms with Crippen molar-refractivity contribution in [2.24, 2.45) is 0 Å². The molecule has 0 aliphatic carbocycles. The minimum absolute atomic E-state index is 0.0344. The largest absolute Gasteiger partial charge is 0.478 e. The first kappa shape index (κ1) is 14.7. The topological polar surface area (TPSA) is 79.3 Å². The molecule has 0 aliphatic rings. The smallest absolute Gasteiger partial charge is 0.337 e. The number of halogens is 2. The fourth-order valence-corrected chi connectivity index (χ4v) is 2.11. The van der Waals surface area contributed by atoms with Gasteiger partial charge in [-0.25, -0.2) is 9.78 Å². The monoisotopic (exact) mass is 402 g/mol. The van der Waals surface area contributed by atoms with Crippen molar-refractivity contribution >= 4 is 51.8 Å². The maximum Gasteiger partial charge on any atom is 0.337 e. The van der Waals surface area contributed by atoms with E-state index in [-0.39, 0.29) is 16.4 Å². The van der Waals surface area contributed by atoms with Gasteiger partial charge in [0.2, 0.25) is 0 Å². The molecule has 1 aromatic heterocycles. The summed E-state index contributed by atoms with van der Waals surface area (Å²) in [6, 6.07) is 7.74. The number of pyridine rings is 1. The van der Waals surface area contributed by atoms with Crippen molar-refractivity contribution in [1.82, 2.24) is 4.98 Å². The summed E-state index contributed by atoms with van der Waals surface area (Å²) >= 11 is 7.64. The van der Waals surface area contributed by atoms with Gasteiger partial charge in [0.15, 0.2) is 0 Å². The average Bonchev–Trinajstić information content (AvgIpc) is 2.41. The second-order valence-electron chi connectivity index (χ2n) is 3.82. The third-order valence-corrected chi connectivity index (χ3v) is 3.34. The van der Waals surface area contributed by atoms with Crippen molar-refractivity contribution in [1.29, 1.82) is 0 Å². The minimum atomic E-state index is -1.10. The van der Waals surface area contributed by atoms with Crippen LogP contribution in [0.4, 0.5) is 5.69 Å². The van der Waals surface area contributed by atoms with Crippen molar-refractivity contribution in [2.75, 3.05) is 5.32 Å². The molecule has 0 saturated carbocycles. The second kappa shape index (κ2) is 6.19. The van der Waals surface area contributed by atoms with Crippen molar-refractivity contribution in [3.63, 3.8) is 0 Å². The minimum Gasteiger partial charge on any atom is -0.478 e. The average molecular weight is 403 g/mol. The lowest BCUT2D eigenvalue weighted by atomic mass is 10.1. The summed E-state index contributed by atoms with van der Waals surface area (Å²) in [5.74, 6) is -1.55. The molecule has 5 nitrogen and oxygen atoms in total. The Morgan fingerprint density at radius 3 is 2.60 bits per heavy atom. The molecule has 0 unspecified atom stereocenters. The van der Waals surface area contributed by atoms with Gasteiger partial charge in [0.1, 0.15) is 5.15 Å². The molecule has 20 heavy (non-hydrogen) atoms. The van der Waals surface area contributed by atoms with Crippen LogP contribution in [-0.4, -0.2) is 22.0 Å². The summed E-state index contributed by atoms with van der Waals surface area (Å²) < 4.78 is 0.770. The number of hydrogen-bond acceptors (Lipinski definition) is 3. The van der Waals surface area contributed by atoms with Crippen LogP contribution < -0.4 is 5.32 Å². The molecule has 1 heterocycles. The molecule has 102 valence electrons. The maximum absolute atomic E-state index is 12.0. The normalized spacial score (nSPS) is 10.1. The number of nitrogens with zero attached hydrogens (tertiary/aromatic N) is 1. The molecule has 0 saturated heterocycles. The Morgan fingerprint density at radius 2 is 2.00 bits per heavy atom. The van der Waals surface area contributed by atoms with Gasteiger partial charge in [0.05, 0.1) is 16.8 Å². The fraction of sp³-hybridized carbons (Fsp3) is 0. The van der Waals surface area contributed by atoms with Crippen molar-refractivity contribution < 1.29 is 14.7 Å². The van der Waals surface area contributed by atoms with E-state index in [1.165, 1.54) is 24.4 Å². The van der Waals surface area contributed by atoms with Gasteiger partial charge in [-0.05, 0) is 52.9 Å². The first-order valence-corrected chi connectivity index (χ1v) is 6.89. The molecule has 2 rings (SSSR count). The van der Waals surface area contributed by atoms with Crippen molar-refractivity contribution in [3.8, 4) is 0 Å². The lowest BCUT2D eigenvalue weighted by molar-refractivity contribution is 0.0698. The maximum atomic E-state index is 12.0. The second-order valence-corrected chi connectivity index (χ2v) is 5.45. The number of benzene rings is 1. The molecule has 0 radical (unpaired) electrons. The first-order chi connectivity index (χ1) is 9.47. The van der Waals surface area contributed by atoms with Crippen molar-refractivity contribution in [3.05, 3.63) is 56.4 Å². The molecule has 0 fully saturated rings. The Morgan fingerprint density at radius 1 is 1.25 bits per heavy atom. The number of carboxylic acid groups (broad SMARTS) is 1. The molecule has 0 bridgehead atoms. The molecule has 2 N–H and O–H groups in total. The number of aromatic nitrogens is 1. The highest BCUT2D eigenvalue weighted by Crippen LogP contribution is 2.20. The van der Waals surface area contributed by atoms with Gasteiger partial charge in [-0.2, -0.15) is 0 Å². The van der Waals surface area contributed by atoms with Crippen LogP contribution in [0.1, 0.15) is 20.7 Å². The van der Waals surface area contributed by atoms with E-state index in [1.807, 2.05) is 22.6 Å². The number of carbonyl (C=O) groups excluding carboxylic acids is 1. The van der Waals surface area contributed by atoms with Crippen LogP contribution in [-0.2, 0) is 0 Å². The number of aromatic carboxylic acids is 1. The van der Waals surface area contributed by atoms with Gasteiger partial charge < -0.3 is 10.4 Å². The summed E-state index contributed by atoms with van der Waals surface area (Å²) in [6.07, 6.45) is 1.32. The van der Waals surface area contributed by atoms with E-state index in [1.54, 1.807) is 12.1 Å². The van der Waals surface area contributed by atoms with Crippen molar-refractivity contribution in [2.45, 2.75) is 0 Å². The Hall–Kier alpha value is -1.67. The molecule has 0 aliphatic heterocycles. The molecule has 1 aromatic carbocycles. The van der Waals surface area contributed by atoms with Crippen LogP contribution in [0, 0.1) is 3.57 Å². The molecule has 1 amide bonds. The van der Waals surface area contributed by atoms with Gasteiger partial charge >= 0.3 is 5.97 Å². The van der Waals surface area contributed by atoms with E-state index in [9.17, 15) is 9.59 Å². The standard InChI is InChI=1S/C13H8ClIN2O3/c14-11-4-1-7(6-16-11)12(18)17-10-3-2-8(15)5-9(10)13(19)20/h1-6H,(H,17,18)(H,19,20). The number of anilines is 1. The zero-order chi connectivity index (χ0) is 14.7. The summed E-state index contributed by atoms with van der Waals surface area (Å²) in [4.78, 5) is 26.9. The Bertz CT molecular complexity index is 674. The zero-order valence-electron chi connectivity index (χ0n) is 9.93. The molecule has 0 spiro atoms. The molecule has 0 atom stereocenters. The van der Waals surface area contributed by atoms with E-state index < -0.39 is 11.9 Å². The third kappa shape index (κ3) is 3.45. The fourth-order valence-electron chi connectivity index (χ4n) is 1.51. The number of carbonyl (C=O) groups is 2. The van der Waals surface area contributed by atoms with E-state index in [0.29, 0.717) is 5.56 Å². The summed E-state index contributed by atoms with van der Waals surface area (Å²) in [7, 11) is 0. The van der Waals surface area contributed by atoms with Gasteiger partial charge in [-0.15, -0.1) is 0 Å². The summed E-state index contributed by atoms with van der Waals surface area (Å²) in [6.45, 7) is 0. The Kier molecular flexibility index (Phi) is 4.56. The predicted molar refractivity (Wildman–Crippen MR) is 83.3 cm³/mol. The highest BCUT2D eigenvalue weighted by molar-refractivity contribution is 14.1. The number of rotatable bonds is 3. The number of amides is 1. The van der Waals surface area contributed by atoms with Crippen LogP contribution in [0.3, 0.4) is 0 Å². The highest BCUT2D eigenvalue weighted by Gasteiger charge is 2.14. The van der Waals surface area contributed by atoms with E-state index in [4.69, 9.17) is 16.7 Å². The van der Waals surface area contributed by atoms with E-state index in [2.05, 4.69) is 10.3 Å². The predicted octanol–water partition coefficient (Wildman–Crippen LogP) is 3.29. The first-order valence-electron chi connectivity index (χ1n) is 5.43. The number of nitrogens with one attached hydrogen (secondary N) is 1.